The zero-order chi connectivity index (χ0) is 11.5. The molecule has 0 aliphatic heterocycles. The molecule has 0 amide bonds. The SMILES string of the molecule is Cc1ccc(-c2ccccc2P=O)c(C)c1. The van der Waals surface area contributed by atoms with Gasteiger partial charge in [-0.05, 0) is 36.6 Å². The van der Waals surface area contributed by atoms with Gasteiger partial charge in [-0.1, -0.05) is 42.0 Å². The molecule has 80 valence electrons. The van der Waals surface area contributed by atoms with Crippen molar-refractivity contribution in [2.75, 3.05) is 0 Å². The van der Waals surface area contributed by atoms with Crippen LogP contribution >= 0.6 is 8.46 Å². The molecule has 0 spiro atoms. The van der Waals surface area contributed by atoms with E-state index in [9.17, 15) is 4.57 Å². The van der Waals surface area contributed by atoms with Gasteiger partial charge in [-0.3, -0.25) is 4.57 Å². The maximum atomic E-state index is 11.1. The Labute approximate surface area is 97.3 Å². The fraction of sp³-hybridized carbons (Fsp3) is 0.143. The average molecular weight is 228 g/mol. The van der Waals surface area contributed by atoms with Gasteiger partial charge >= 0.3 is 0 Å². The van der Waals surface area contributed by atoms with Crippen LogP contribution in [0.25, 0.3) is 11.1 Å². The quantitative estimate of drug-likeness (QED) is 0.713. The van der Waals surface area contributed by atoms with Crippen LogP contribution in [0.3, 0.4) is 0 Å². The maximum absolute atomic E-state index is 11.1. The molecule has 2 aromatic carbocycles. The molecular formula is C14H13OP. The van der Waals surface area contributed by atoms with Gasteiger partial charge in [0.05, 0.1) is 5.30 Å². The van der Waals surface area contributed by atoms with E-state index < -0.39 is 0 Å². The summed E-state index contributed by atoms with van der Waals surface area (Å²) in [6, 6.07) is 14.1. The van der Waals surface area contributed by atoms with Crippen LogP contribution in [0.4, 0.5) is 0 Å². The van der Waals surface area contributed by atoms with Crippen molar-refractivity contribution >= 4 is 13.8 Å². The highest BCUT2D eigenvalue weighted by molar-refractivity contribution is 7.34. The minimum absolute atomic E-state index is 0.0756. The van der Waals surface area contributed by atoms with Crippen LogP contribution in [0.5, 0.6) is 0 Å². The monoisotopic (exact) mass is 228 g/mol. The molecule has 16 heavy (non-hydrogen) atoms. The number of hydrogen-bond donors (Lipinski definition) is 0. The summed E-state index contributed by atoms with van der Waals surface area (Å²) in [5.74, 6) is 0. The molecule has 2 rings (SSSR count). The summed E-state index contributed by atoms with van der Waals surface area (Å²) in [6.45, 7) is 4.16. The molecule has 2 aromatic rings. The van der Waals surface area contributed by atoms with Crippen molar-refractivity contribution in [2.24, 2.45) is 0 Å². The van der Waals surface area contributed by atoms with Crippen molar-refractivity contribution in [3.63, 3.8) is 0 Å². The molecule has 0 atom stereocenters. The first kappa shape index (κ1) is 11.0. The van der Waals surface area contributed by atoms with Gasteiger partial charge < -0.3 is 0 Å². The van der Waals surface area contributed by atoms with Crippen molar-refractivity contribution in [1.82, 2.24) is 0 Å². The summed E-state index contributed by atoms with van der Waals surface area (Å²) >= 11 is 0. The first-order valence-corrected chi connectivity index (χ1v) is 6.03. The van der Waals surface area contributed by atoms with E-state index in [-0.39, 0.29) is 8.46 Å². The second kappa shape index (κ2) is 4.59. The van der Waals surface area contributed by atoms with Gasteiger partial charge in [0.2, 0.25) is 0 Å². The molecule has 1 nitrogen and oxygen atoms in total. The standard InChI is InChI=1S/C14H13OP/c1-10-7-8-12(11(2)9-10)13-5-3-4-6-14(13)16-15/h3-9H,1-2H3. The van der Waals surface area contributed by atoms with E-state index in [0.29, 0.717) is 0 Å². The van der Waals surface area contributed by atoms with E-state index >= 15 is 0 Å². The summed E-state index contributed by atoms with van der Waals surface area (Å²) < 4.78 is 11.1. The molecule has 0 saturated carbocycles. The summed E-state index contributed by atoms with van der Waals surface area (Å²) in [5, 5.41) is 0.842. The van der Waals surface area contributed by atoms with Crippen molar-refractivity contribution in [3.05, 3.63) is 53.6 Å². The first-order chi connectivity index (χ1) is 7.72. The molecule has 2 heteroatoms. The molecule has 0 bridgehead atoms. The average Bonchev–Trinajstić information content (AvgIpc) is 2.29. The minimum Gasteiger partial charge on any atom is -0.269 e. The number of hydrogen-bond acceptors (Lipinski definition) is 1. The van der Waals surface area contributed by atoms with E-state index in [1.807, 2.05) is 24.3 Å². The molecule has 0 heterocycles. The number of rotatable bonds is 2. The molecule has 0 saturated heterocycles. The molecule has 0 aliphatic carbocycles. The zero-order valence-corrected chi connectivity index (χ0v) is 10.3. The van der Waals surface area contributed by atoms with Crippen LogP contribution in [0, 0.1) is 13.8 Å². The lowest BCUT2D eigenvalue weighted by atomic mass is 9.99. The number of benzene rings is 2. The summed E-state index contributed by atoms with van der Waals surface area (Å²) in [4.78, 5) is 0. The Balaban J connectivity index is 2.62. The van der Waals surface area contributed by atoms with Crippen molar-refractivity contribution < 1.29 is 4.57 Å². The van der Waals surface area contributed by atoms with E-state index in [2.05, 4.69) is 32.0 Å². The minimum atomic E-state index is 0.0756. The second-order valence-corrected chi connectivity index (χ2v) is 4.59. The maximum Gasteiger partial charge on any atom is 0.192 e. The van der Waals surface area contributed by atoms with Gasteiger partial charge in [-0.25, -0.2) is 0 Å². The van der Waals surface area contributed by atoms with Gasteiger partial charge in [-0.2, -0.15) is 0 Å². The Kier molecular flexibility index (Phi) is 3.17. The fourth-order valence-electron chi connectivity index (χ4n) is 1.90. The van der Waals surface area contributed by atoms with Gasteiger partial charge in [-0.15, -0.1) is 0 Å². The van der Waals surface area contributed by atoms with Crippen LogP contribution in [-0.4, -0.2) is 0 Å². The van der Waals surface area contributed by atoms with Crippen LogP contribution in [0.1, 0.15) is 11.1 Å². The van der Waals surface area contributed by atoms with E-state index in [1.165, 1.54) is 11.1 Å². The Morgan fingerprint density at radius 1 is 0.938 bits per heavy atom. The molecule has 0 unspecified atom stereocenters. The van der Waals surface area contributed by atoms with Crippen molar-refractivity contribution in [1.29, 1.82) is 0 Å². The third-order valence-corrected chi connectivity index (χ3v) is 3.26. The lowest BCUT2D eigenvalue weighted by Gasteiger charge is -2.08. The largest absolute Gasteiger partial charge is 0.269 e. The summed E-state index contributed by atoms with van der Waals surface area (Å²) in [6.07, 6.45) is 0. The predicted molar refractivity (Wildman–Crippen MR) is 68.6 cm³/mol. The fourth-order valence-corrected chi connectivity index (χ4v) is 2.34. The normalized spacial score (nSPS) is 10.6. The molecule has 0 aromatic heterocycles. The second-order valence-electron chi connectivity index (χ2n) is 3.93. The molecule has 0 radical (unpaired) electrons. The lowest BCUT2D eigenvalue weighted by Crippen LogP contribution is -1.98. The van der Waals surface area contributed by atoms with E-state index in [1.54, 1.807) is 0 Å². The highest BCUT2D eigenvalue weighted by Gasteiger charge is 2.06. The van der Waals surface area contributed by atoms with Crippen LogP contribution in [0.2, 0.25) is 0 Å². The van der Waals surface area contributed by atoms with E-state index in [4.69, 9.17) is 0 Å². The topological polar surface area (TPSA) is 17.1 Å². The Bertz CT molecular complexity index is 532. The van der Waals surface area contributed by atoms with Crippen LogP contribution < -0.4 is 5.30 Å². The lowest BCUT2D eigenvalue weighted by molar-refractivity contribution is 0.603. The zero-order valence-electron chi connectivity index (χ0n) is 9.40. The van der Waals surface area contributed by atoms with E-state index in [0.717, 1.165) is 16.4 Å². The highest BCUT2D eigenvalue weighted by Crippen LogP contribution is 2.24. The Morgan fingerprint density at radius 2 is 1.69 bits per heavy atom. The molecule has 0 aliphatic rings. The molecular weight excluding hydrogens is 215 g/mol. The first-order valence-electron chi connectivity index (χ1n) is 5.22. The highest BCUT2D eigenvalue weighted by atomic mass is 31.1. The summed E-state index contributed by atoms with van der Waals surface area (Å²) in [5.41, 5.74) is 4.68. The van der Waals surface area contributed by atoms with Gasteiger partial charge in [0.1, 0.15) is 0 Å². The smallest absolute Gasteiger partial charge is 0.192 e. The van der Waals surface area contributed by atoms with Crippen molar-refractivity contribution in [3.8, 4) is 11.1 Å². The Morgan fingerprint density at radius 3 is 2.38 bits per heavy atom. The van der Waals surface area contributed by atoms with Crippen LogP contribution in [-0.2, 0) is 4.57 Å². The van der Waals surface area contributed by atoms with Gasteiger partial charge in [0, 0.05) is 0 Å². The molecule has 0 N–H and O–H groups in total. The van der Waals surface area contributed by atoms with Crippen molar-refractivity contribution in [2.45, 2.75) is 13.8 Å². The number of aryl methyl sites for hydroxylation is 2. The van der Waals surface area contributed by atoms with Gasteiger partial charge in [0.25, 0.3) is 0 Å². The Hall–Kier alpha value is -1.46. The third kappa shape index (κ3) is 2.05. The van der Waals surface area contributed by atoms with Crippen LogP contribution in [0.15, 0.2) is 42.5 Å². The third-order valence-electron chi connectivity index (χ3n) is 2.67. The predicted octanol–water partition coefficient (Wildman–Crippen LogP) is 3.89. The van der Waals surface area contributed by atoms with Gasteiger partial charge in [0.15, 0.2) is 8.46 Å². The summed E-state index contributed by atoms with van der Waals surface area (Å²) in [7, 11) is 0.0756. The molecule has 0 fully saturated rings.